The zero-order valence-corrected chi connectivity index (χ0v) is 13.5. The molecule has 21 heavy (non-hydrogen) atoms. The minimum Gasteiger partial charge on any atom is -0.399 e. The summed E-state index contributed by atoms with van der Waals surface area (Å²) in [5.41, 5.74) is 7.01. The Labute approximate surface area is 129 Å². The molecular weight excluding hydrogens is 304 g/mol. The van der Waals surface area contributed by atoms with Gasteiger partial charge in [-0.05, 0) is 55.0 Å². The smallest absolute Gasteiger partial charge is 0.243 e. The summed E-state index contributed by atoms with van der Waals surface area (Å²) >= 11 is 1.62. The third-order valence-electron chi connectivity index (χ3n) is 3.86. The van der Waals surface area contributed by atoms with Crippen LogP contribution in [0.1, 0.15) is 29.3 Å². The molecule has 0 radical (unpaired) electrons. The molecular formula is C15H18N2O2S2. The normalized spacial score (nSPS) is 20.0. The molecule has 0 aliphatic carbocycles. The molecule has 1 aliphatic heterocycles. The second-order valence-corrected chi connectivity index (χ2v) is 8.15. The second-order valence-electron chi connectivity index (χ2n) is 5.31. The van der Waals surface area contributed by atoms with Crippen molar-refractivity contribution in [2.75, 3.05) is 12.3 Å². The molecule has 0 saturated carbocycles. The lowest BCUT2D eigenvalue weighted by Crippen LogP contribution is -2.30. The molecule has 1 unspecified atom stereocenters. The van der Waals surface area contributed by atoms with Crippen molar-refractivity contribution in [2.45, 2.75) is 30.7 Å². The lowest BCUT2D eigenvalue weighted by atomic mass is 10.2. The number of nitrogens with zero attached hydrogens (tertiary/aromatic N) is 1. The third kappa shape index (κ3) is 2.59. The fourth-order valence-electron chi connectivity index (χ4n) is 2.88. The summed E-state index contributed by atoms with van der Waals surface area (Å²) in [7, 11) is -3.48. The first-order valence-corrected chi connectivity index (χ1v) is 9.23. The van der Waals surface area contributed by atoms with Gasteiger partial charge < -0.3 is 5.73 Å². The first kappa shape index (κ1) is 14.6. The van der Waals surface area contributed by atoms with E-state index in [4.69, 9.17) is 5.73 Å². The van der Waals surface area contributed by atoms with E-state index in [1.54, 1.807) is 40.8 Å². The summed E-state index contributed by atoms with van der Waals surface area (Å²) in [6.07, 6.45) is 1.78. The third-order valence-corrected chi connectivity index (χ3v) is 6.90. The molecule has 2 N–H and O–H groups in total. The highest BCUT2D eigenvalue weighted by Gasteiger charge is 2.37. The number of rotatable bonds is 3. The van der Waals surface area contributed by atoms with Crippen molar-refractivity contribution in [2.24, 2.45) is 0 Å². The van der Waals surface area contributed by atoms with Crippen molar-refractivity contribution < 1.29 is 8.42 Å². The van der Waals surface area contributed by atoms with Gasteiger partial charge in [-0.2, -0.15) is 4.31 Å². The zero-order chi connectivity index (χ0) is 15.0. The number of hydrogen-bond donors (Lipinski definition) is 1. The van der Waals surface area contributed by atoms with Crippen LogP contribution in [0.3, 0.4) is 0 Å². The van der Waals surface area contributed by atoms with Crippen LogP contribution in [0.15, 0.2) is 40.6 Å². The van der Waals surface area contributed by atoms with Crippen LogP contribution in [0.25, 0.3) is 0 Å². The molecule has 0 amide bonds. The van der Waals surface area contributed by atoms with Crippen molar-refractivity contribution in [3.63, 3.8) is 0 Å². The Kier molecular flexibility index (Phi) is 3.77. The number of nitrogens with two attached hydrogens (primary N) is 1. The largest absolute Gasteiger partial charge is 0.399 e. The molecule has 0 bridgehead atoms. The lowest BCUT2D eigenvalue weighted by molar-refractivity contribution is 0.400. The Bertz CT molecular complexity index is 739. The predicted molar refractivity (Wildman–Crippen MR) is 85.8 cm³/mol. The fraction of sp³-hybridized carbons (Fsp3) is 0.333. The van der Waals surface area contributed by atoms with Crippen molar-refractivity contribution in [1.82, 2.24) is 4.31 Å². The quantitative estimate of drug-likeness (QED) is 0.883. The Hall–Kier alpha value is -1.37. The minimum absolute atomic E-state index is 0.0352. The Morgan fingerprint density at radius 2 is 2.14 bits per heavy atom. The molecule has 1 aromatic heterocycles. The number of nitrogen functional groups attached to an aromatic ring is 1. The van der Waals surface area contributed by atoms with E-state index in [1.807, 2.05) is 17.5 Å². The topological polar surface area (TPSA) is 63.4 Å². The first-order valence-electron chi connectivity index (χ1n) is 6.91. The summed E-state index contributed by atoms with van der Waals surface area (Å²) in [5, 5.41) is 1.99. The Morgan fingerprint density at radius 1 is 1.33 bits per heavy atom. The molecule has 4 nitrogen and oxygen atoms in total. The monoisotopic (exact) mass is 322 g/mol. The van der Waals surface area contributed by atoms with E-state index in [1.165, 1.54) is 0 Å². The van der Waals surface area contributed by atoms with Crippen LogP contribution in [0.2, 0.25) is 0 Å². The molecule has 1 fully saturated rings. The van der Waals surface area contributed by atoms with E-state index in [0.29, 0.717) is 22.7 Å². The van der Waals surface area contributed by atoms with Crippen LogP contribution in [-0.2, 0) is 10.0 Å². The molecule has 0 spiro atoms. The lowest BCUT2D eigenvalue weighted by Gasteiger charge is -2.24. The van der Waals surface area contributed by atoms with Gasteiger partial charge in [0.1, 0.15) is 0 Å². The number of benzene rings is 1. The van der Waals surface area contributed by atoms with E-state index < -0.39 is 10.0 Å². The van der Waals surface area contributed by atoms with Gasteiger partial charge in [0.15, 0.2) is 0 Å². The average Bonchev–Trinajstić information content (AvgIpc) is 3.09. The molecule has 2 aromatic rings. The summed E-state index contributed by atoms with van der Waals surface area (Å²) in [6.45, 7) is 2.37. The van der Waals surface area contributed by atoms with E-state index in [0.717, 1.165) is 17.7 Å². The number of thiophene rings is 1. The minimum atomic E-state index is -3.48. The Morgan fingerprint density at radius 3 is 2.81 bits per heavy atom. The standard InChI is InChI=1S/C15H18N2O2S2/c1-11-10-12(16)6-7-15(11)21(18,19)17-8-2-4-13(17)14-5-3-9-20-14/h3,5-7,9-10,13H,2,4,8,16H2,1H3. The van der Waals surface area contributed by atoms with Crippen LogP contribution in [-0.4, -0.2) is 19.3 Å². The molecule has 2 heterocycles. The average molecular weight is 322 g/mol. The molecule has 112 valence electrons. The SMILES string of the molecule is Cc1cc(N)ccc1S(=O)(=O)N1CCCC1c1cccs1. The van der Waals surface area contributed by atoms with Crippen LogP contribution >= 0.6 is 11.3 Å². The van der Waals surface area contributed by atoms with Crippen molar-refractivity contribution in [1.29, 1.82) is 0 Å². The van der Waals surface area contributed by atoms with Crippen LogP contribution < -0.4 is 5.73 Å². The predicted octanol–water partition coefficient (Wildman–Crippen LogP) is 3.16. The maximum Gasteiger partial charge on any atom is 0.243 e. The fourth-order valence-corrected chi connectivity index (χ4v) is 5.70. The summed E-state index contributed by atoms with van der Waals surface area (Å²) in [4.78, 5) is 1.48. The highest BCUT2D eigenvalue weighted by atomic mass is 32.2. The molecule has 1 atom stereocenters. The maximum absolute atomic E-state index is 13.0. The van der Waals surface area contributed by atoms with Crippen molar-refractivity contribution in [3.05, 3.63) is 46.2 Å². The van der Waals surface area contributed by atoms with Gasteiger partial charge in [-0.15, -0.1) is 11.3 Å². The van der Waals surface area contributed by atoms with Gasteiger partial charge in [0.25, 0.3) is 0 Å². The maximum atomic E-state index is 13.0. The van der Waals surface area contributed by atoms with Gasteiger partial charge >= 0.3 is 0 Å². The van der Waals surface area contributed by atoms with Crippen LogP contribution in [0.5, 0.6) is 0 Å². The van der Waals surface area contributed by atoms with E-state index in [-0.39, 0.29) is 6.04 Å². The highest BCUT2D eigenvalue weighted by molar-refractivity contribution is 7.89. The summed E-state index contributed by atoms with van der Waals surface area (Å²) in [6, 6.07) is 8.92. The second kappa shape index (κ2) is 5.44. The van der Waals surface area contributed by atoms with Crippen LogP contribution in [0, 0.1) is 6.92 Å². The molecule has 1 aliphatic rings. The van der Waals surface area contributed by atoms with Crippen molar-refractivity contribution >= 4 is 27.0 Å². The summed E-state index contributed by atoms with van der Waals surface area (Å²) in [5.74, 6) is 0. The van der Waals surface area contributed by atoms with Gasteiger partial charge in [-0.3, -0.25) is 0 Å². The van der Waals surface area contributed by atoms with Gasteiger partial charge in [0, 0.05) is 17.1 Å². The van der Waals surface area contributed by atoms with Gasteiger partial charge in [0.05, 0.1) is 10.9 Å². The zero-order valence-electron chi connectivity index (χ0n) is 11.8. The van der Waals surface area contributed by atoms with E-state index in [2.05, 4.69) is 0 Å². The molecule has 1 aromatic carbocycles. The number of sulfonamides is 1. The summed E-state index contributed by atoms with van der Waals surface area (Å²) < 4.78 is 27.6. The molecule has 3 rings (SSSR count). The van der Waals surface area contributed by atoms with E-state index >= 15 is 0 Å². The van der Waals surface area contributed by atoms with Gasteiger partial charge in [-0.1, -0.05) is 6.07 Å². The van der Waals surface area contributed by atoms with Crippen molar-refractivity contribution in [3.8, 4) is 0 Å². The Balaban J connectivity index is 2.01. The number of aryl methyl sites for hydroxylation is 1. The molecule has 1 saturated heterocycles. The van der Waals surface area contributed by atoms with Crippen LogP contribution in [0.4, 0.5) is 5.69 Å². The number of anilines is 1. The van der Waals surface area contributed by atoms with E-state index in [9.17, 15) is 8.42 Å². The first-order chi connectivity index (χ1) is 10.00. The highest BCUT2D eigenvalue weighted by Crippen LogP contribution is 2.39. The number of hydrogen-bond acceptors (Lipinski definition) is 4. The van der Waals surface area contributed by atoms with Gasteiger partial charge in [-0.25, -0.2) is 8.42 Å². The van der Waals surface area contributed by atoms with Gasteiger partial charge in [0.2, 0.25) is 10.0 Å². The molecule has 6 heteroatoms.